The number of hydrogen-bond acceptors (Lipinski definition) is 4. The molecule has 2 aromatic carbocycles. The molecule has 28 heavy (non-hydrogen) atoms. The summed E-state index contributed by atoms with van der Waals surface area (Å²) in [6.45, 7) is 0. The molecule has 138 valence electrons. The highest BCUT2D eigenvalue weighted by Crippen LogP contribution is 2.35. The molecular weight excluding hydrogens is 377 g/mol. The van der Waals surface area contributed by atoms with Gasteiger partial charge in [-0.2, -0.15) is 10.4 Å². The molecule has 0 unspecified atom stereocenters. The van der Waals surface area contributed by atoms with Crippen LogP contribution in [0.2, 0.25) is 0 Å². The van der Waals surface area contributed by atoms with Crippen LogP contribution in [0, 0.1) is 17.1 Å². The molecule has 5 nitrogen and oxygen atoms in total. The van der Waals surface area contributed by atoms with Crippen molar-refractivity contribution < 1.29 is 12.8 Å². The number of nitrogens with zero attached hydrogens (tertiary/aromatic N) is 3. The second kappa shape index (κ2) is 6.59. The lowest BCUT2D eigenvalue weighted by molar-refractivity contribution is 0.602. The smallest absolute Gasteiger partial charge is 0.175 e. The standard InChI is InChI=1S/C21H14FN3O2S/c1-28(26,27)18-9-5-15(6-10-18)20-19-11-2-14(12-23)13-25(19)24-21(20)16-3-7-17(22)8-4-16/h2-11,13H,1H3. The molecule has 0 amide bonds. The number of sulfone groups is 1. The van der Waals surface area contributed by atoms with Gasteiger partial charge in [-0.1, -0.05) is 12.1 Å². The van der Waals surface area contributed by atoms with E-state index in [-0.39, 0.29) is 10.7 Å². The van der Waals surface area contributed by atoms with E-state index in [1.54, 1.807) is 59.2 Å². The minimum absolute atomic E-state index is 0.225. The number of halogens is 1. The van der Waals surface area contributed by atoms with Gasteiger partial charge in [0.2, 0.25) is 0 Å². The zero-order valence-corrected chi connectivity index (χ0v) is 15.6. The Morgan fingerprint density at radius 2 is 1.61 bits per heavy atom. The molecule has 4 rings (SSSR count). The summed E-state index contributed by atoms with van der Waals surface area (Å²) in [6, 6.07) is 18.1. The molecule has 2 heterocycles. The first kappa shape index (κ1) is 17.9. The predicted octanol–water partition coefficient (Wildman–Crippen LogP) is 4.08. The maximum Gasteiger partial charge on any atom is 0.175 e. The van der Waals surface area contributed by atoms with Gasteiger partial charge >= 0.3 is 0 Å². The van der Waals surface area contributed by atoms with Gasteiger partial charge in [-0.3, -0.25) is 0 Å². The molecule has 2 aromatic heterocycles. The van der Waals surface area contributed by atoms with Crippen molar-refractivity contribution in [3.8, 4) is 28.5 Å². The summed E-state index contributed by atoms with van der Waals surface area (Å²) in [7, 11) is -3.31. The number of fused-ring (bicyclic) bond motifs is 1. The Labute approximate surface area is 161 Å². The van der Waals surface area contributed by atoms with Gasteiger partial charge in [0, 0.05) is 23.6 Å². The molecule has 0 N–H and O–H groups in total. The second-order valence-corrected chi connectivity index (χ2v) is 8.40. The lowest BCUT2D eigenvalue weighted by Gasteiger charge is -2.06. The van der Waals surface area contributed by atoms with E-state index in [1.165, 1.54) is 12.1 Å². The quantitative estimate of drug-likeness (QED) is 0.527. The Kier molecular flexibility index (Phi) is 4.21. The minimum atomic E-state index is -3.31. The predicted molar refractivity (Wildman–Crippen MR) is 104 cm³/mol. The summed E-state index contributed by atoms with van der Waals surface area (Å²) in [5, 5.41) is 13.7. The van der Waals surface area contributed by atoms with Crippen LogP contribution in [-0.4, -0.2) is 24.3 Å². The molecule has 0 atom stereocenters. The Balaban J connectivity index is 1.98. The van der Waals surface area contributed by atoms with Crippen LogP contribution >= 0.6 is 0 Å². The van der Waals surface area contributed by atoms with Crippen LogP contribution in [0.4, 0.5) is 4.39 Å². The van der Waals surface area contributed by atoms with Gasteiger partial charge in [0.05, 0.1) is 16.0 Å². The fourth-order valence-corrected chi connectivity index (χ4v) is 3.71. The second-order valence-electron chi connectivity index (χ2n) is 6.39. The van der Waals surface area contributed by atoms with E-state index in [2.05, 4.69) is 11.2 Å². The molecule has 0 aliphatic heterocycles. The Morgan fingerprint density at radius 3 is 2.21 bits per heavy atom. The molecule has 7 heteroatoms. The van der Waals surface area contributed by atoms with E-state index in [0.717, 1.165) is 22.9 Å². The van der Waals surface area contributed by atoms with Gasteiger partial charge in [0.1, 0.15) is 17.6 Å². The van der Waals surface area contributed by atoms with Crippen molar-refractivity contribution in [2.45, 2.75) is 4.90 Å². The average molecular weight is 391 g/mol. The fraction of sp³-hybridized carbons (Fsp3) is 0.0476. The number of benzene rings is 2. The summed E-state index contributed by atoms with van der Waals surface area (Å²) >= 11 is 0. The van der Waals surface area contributed by atoms with E-state index in [0.29, 0.717) is 16.8 Å². The maximum atomic E-state index is 13.4. The summed E-state index contributed by atoms with van der Waals surface area (Å²) in [5.74, 6) is -0.349. The van der Waals surface area contributed by atoms with E-state index in [4.69, 9.17) is 5.26 Å². The van der Waals surface area contributed by atoms with Gasteiger partial charge in [-0.15, -0.1) is 0 Å². The SMILES string of the molecule is CS(=O)(=O)c1ccc(-c2c(-c3ccc(F)cc3)nn3cc(C#N)ccc23)cc1. The van der Waals surface area contributed by atoms with Crippen LogP contribution in [0.15, 0.2) is 71.8 Å². The first-order valence-electron chi connectivity index (χ1n) is 8.36. The van der Waals surface area contributed by atoms with Crippen LogP contribution in [-0.2, 0) is 9.84 Å². The number of pyridine rings is 1. The fourth-order valence-electron chi connectivity index (χ4n) is 3.08. The number of hydrogen-bond donors (Lipinski definition) is 0. The highest BCUT2D eigenvalue weighted by atomic mass is 32.2. The normalized spacial score (nSPS) is 11.5. The summed E-state index contributed by atoms with van der Waals surface area (Å²) in [6.07, 6.45) is 2.78. The zero-order valence-electron chi connectivity index (χ0n) is 14.8. The molecule has 0 bridgehead atoms. The molecule has 0 fully saturated rings. The number of aromatic nitrogens is 2. The zero-order chi connectivity index (χ0) is 19.9. The highest BCUT2D eigenvalue weighted by molar-refractivity contribution is 7.90. The third-order valence-electron chi connectivity index (χ3n) is 4.45. The van der Waals surface area contributed by atoms with Crippen LogP contribution in [0.5, 0.6) is 0 Å². The van der Waals surface area contributed by atoms with Gasteiger partial charge < -0.3 is 0 Å². The van der Waals surface area contributed by atoms with Gasteiger partial charge in [0.25, 0.3) is 0 Å². The Hall–Kier alpha value is -3.50. The largest absolute Gasteiger partial charge is 0.238 e. The third-order valence-corrected chi connectivity index (χ3v) is 5.58. The topological polar surface area (TPSA) is 75.2 Å². The van der Waals surface area contributed by atoms with Crippen molar-refractivity contribution >= 4 is 15.4 Å². The van der Waals surface area contributed by atoms with Gasteiger partial charge in [-0.25, -0.2) is 17.3 Å². The molecule has 4 aromatic rings. The minimum Gasteiger partial charge on any atom is -0.238 e. The Morgan fingerprint density at radius 1 is 0.964 bits per heavy atom. The summed E-state index contributed by atoms with van der Waals surface area (Å²) in [4.78, 5) is 0.225. The molecular formula is C21H14FN3O2S. The lowest BCUT2D eigenvalue weighted by Crippen LogP contribution is -1.96. The summed E-state index contributed by atoms with van der Waals surface area (Å²) in [5.41, 5.74) is 4.08. The van der Waals surface area contributed by atoms with Crippen molar-refractivity contribution in [3.63, 3.8) is 0 Å². The lowest BCUT2D eigenvalue weighted by atomic mass is 9.99. The monoisotopic (exact) mass is 391 g/mol. The van der Waals surface area contributed by atoms with Crippen molar-refractivity contribution in [1.29, 1.82) is 5.26 Å². The third kappa shape index (κ3) is 3.15. The highest BCUT2D eigenvalue weighted by Gasteiger charge is 2.17. The average Bonchev–Trinajstić information content (AvgIpc) is 3.06. The van der Waals surface area contributed by atoms with Crippen molar-refractivity contribution in [1.82, 2.24) is 9.61 Å². The van der Waals surface area contributed by atoms with Crippen LogP contribution < -0.4 is 0 Å². The molecule has 0 saturated carbocycles. The molecule has 0 radical (unpaired) electrons. The summed E-state index contributed by atoms with van der Waals surface area (Å²) < 4.78 is 38.5. The van der Waals surface area contributed by atoms with E-state index >= 15 is 0 Å². The number of rotatable bonds is 3. The first-order valence-corrected chi connectivity index (χ1v) is 10.2. The van der Waals surface area contributed by atoms with Crippen LogP contribution in [0.1, 0.15) is 5.56 Å². The van der Waals surface area contributed by atoms with Crippen LogP contribution in [0.3, 0.4) is 0 Å². The van der Waals surface area contributed by atoms with Crippen molar-refractivity contribution in [3.05, 3.63) is 78.2 Å². The first-order chi connectivity index (χ1) is 13.4. The molecule has 0 aliphatic carbocycles. The van der Waals surface area contributed by atoms with Crippen molar-refractivity contribution in [2.75, 3.05) is 6.26 Å². The van der Waals surface area contributed by atoms with Gasteiger partial charge in [-0.05, 0) is 54.1 Å². The van der Waals surface area contributed by atoms with E-state index < -0.39 is 9.84 Å². The number of nitriles is 1. The van der Waals surface area contributed by atoms with E-state index in [1.807, 2.05) is 0 Å². The van der Waals surface area contributed by atoms with Crippen molar-refractivity contribution in [2.24, 2.45) is 0 Å². The molecule has 0 saturated heterocycles. The molecule has 0 spiro atoms. The molecule has 0 aliphatic rings. The van der Waals surface area contributed by atoms with E-state index in [9.17, 15) is 12.8 Å². The Bertz CT molecular complexity index is 1330. The van der Waals surface area contributed by atoms with Gasteiger partial charge in [0.15, 0.2) is 9.84 Å². The maximum absolute atomic E-state index is 13.4. The van der Waals surface area contributed by atoms with Crippen LogP contribution in [0.25, 0.3) is 27.9 Å².